The smallest absolute Gasteiger partial charge is 0.365 e. The molecule has 0 heterocycles. The highest BCUT2D eigenvalue weighted by Crippen LogP contribution is 2.48. The Hall–Kier alpha value is -0.830. The molecule has 18 heavy (non-hydrogen) atoms. The molecular formula is C9H11F7O2. The Kier molecular flexibility index (Phi) is 5.60. The van der Waals surface area contributed by atoms with Crippen LogP contribution in [0.1, 0.15) is 12.8 Å². The van der Waals surface area contributed by atoms with Gasteiger partial charge in [-0.2, -0.15) is 26.3 Å². The van der Waals surface area contributed by atoms with E-state index in [-0.39, 0.29) is 0 Å². The van der Waals surface area contributed by atoms with E-state index in [4.69, 9.17) is 5.11 Å². The van der Waals surface area contributed by atoms with Crippen LogP contribution in [0.2, 0.25) is 0 Å². The molecule has 0 bridgehead atoms. The van der Waals surface area contributed by atoms with E-state index in [0.29, 0.717) is 0 Å². The fraction of sp³-hybridized carbons (Fsp3) is 0.778. The third kappa shape index (κ3) is 4.13. The third-order valence-corrected chi connectivity index (χ3v) is 2.05. The summed E-state index contributed by atoms with van der Waals surface area (Å²) in [6, 6.07) is 0. The van der Waals surface area contributed by atoms with E-state index >= 15 is 0 Å². The number of halogens is 7. The van der Waals surface area contributed by atoms with E-state index in [9.17, 15) is 30.7 Å². The minimum absolute atomic E-state index is 0.662. The van der Waals surface area contributed by atoms with Crippen molar-refractivity contribution in [1.29, 1.82) is 0 Å². The molecule has 0 fully saturated rings. The molecule has 0 rings (SSSR count). The number of hydrogen-bond acceptors (Lipinski definition) is 2. The van der Waals surface area contributed by atoms with Crippen LogP contribution in [0.3, 0.4) is 0 Å². The predicted octanol–water partition coefficient (Wildman–Crippen LogP) is 3.12. The maximum absolute atomic E-state index is 13.0. The number of hydrogen-bond donors (Lipinski definition) is 1. The summed E-state index contributed by atoms with van der Waals surface area (Å²) in [6.45, 7) is 2.40. The molecule has 0 aromatic rings. The van der Waals surface area contributed by atoms with Gasteiger partial charge in [-0.3, -0.25) is 0 Å². The zero-order chi connectivity index (χ0) is 14.6. The van der Waals surface area contributed by atoms with E-state index in [1.54, 1.807) is 0 Å². The lowest BCUT2D eigenvalue weighted by molar-refractivity contribution is -0.343. The van der Waals surface area contributed by atoms with Crippen molar-refractivity contribution < 1.29 is 40.6 Å². The lowest BCUT2D eigenvalue weighted by Gasteiger charge is -2.29. The summed E-state index contributed by atoms with van der Waals surface area (Å²) < 4.78 is 89.7. The van der Waals surface area contributed by atoms with Crippen LogP contribution < -0.4 is 0 Å². The van der Waals surface area contributed by atoms with E-state index < -0.39 is 43.8 Å². The van der Waals surface area contributed by atoms with Gasteiger partial charge in [0.25, 0.3) is 5.67 Å². The number of rotatable bonds is 6. The highest BCUT2D eigenvalue weighted by atomic mass is 19.4. The van der Waals surface area contributed by atoms with Gasteiger partial charge in [0.05, 0.1) is 6.61 Å². The summed E-state index contributed by atoms with van der Waals surface area (Å²) in [4.78, 5) is 0. The SMILES string of the molecule is C=CC(O)OCCCC(F)(C(F)(F)F)C(F)(F)F. The van der Waals surface area contributed by atoms with Gasteiger partial charge in [0.15, 0.2) is 6.29 Å². The van der Waals surface area contributed by atoms with Crippen LogP contribution in [0.15, 0.2) is 12.7 Å². The normalized spacial score (nSPS) is 15.6. The molecule has 0 radical (unpaired) electrons. The minimum atomic E-state index is -6.05. The first-order valence-corrected chi connectivity index (χ1v) is 4.70. The zero-order valence-electron chi connectivity index (χ0n) is 8.98. The number of ether oxygens (including phenoxy) is 1. The molecule has 2 nitrogen and oxygen atoms in total. The summed E-state index contributed by atoms with van der Waals surface area (Å²) in [5, 5.41) is 8.73. The molecule has 1 unspecified atom stereocenters. The Morgan fingerprint density at radius 1 is 1.06 bits per heavy atom. The summed E-state index contributed by atoms with van der Waals surface area (Å²) >= 11 is 0. The molecule has 1 atom stereocenters. The zero-order valence-corrected chi connectivity index (χ0v) is 8.98. The summed E-state index contributed by atoms with van der Waals surface area (Å²) in [7, 11) is 0. The maximum Gasteiger partial charge on any atom is 0.431 e. The fourth-order valence-corrected chi connectivity index (χ4v) is 1.03. The van der Waals surface area contributed by atoms with Gasteiger partial charge in [-0.25, -0.2) is 4.39 Å². The average molecular weight is 284 g/mol. The van der Waals surface area contributed by atoms with Gasteiger partial charge in [-0.05, 0) is 12.5 Å². The Morgan fingerprint density at radius 3 is 1.83 bits per heavy atom. The van der Waals surface area contributed by atoms with Crippen LogP contribution >= 0.6 is 0 Å². The molecule has 0 amide bonds. The number of alkyl halides is 7. The summed E-state index contributed by atoms with van der Waals surface area (Å²) in [5.74, 6) is 0. The van der Waals surface area contributed by atoms with Gasteiger partial charge in [0.2, 0.25) is 0 Å². The van der Waals surface area contributed by atoms with Crippen molar-refractivity contribution >= 4 is 0 Å². The monoisotopic (exact) mass is 284 g/mol. The van der Waals surface area contributed by atoms with Crippen molar-refractivity contribution in [3.8, 4) is 0 Å². The molecule has 108 valence electrons. The molecule has 0 aromatic heterocycles. The number of aliphatic hydroxyl groups is 1. The first-order chi connectivity index (χ1) is 7.95. The molecule has 0 spiro atoms. The third-order valence-electron chi connectivity index (χ3n) is 2.05. The molecule has 0 saturated heterocycles. The van der Waals surface area contributed by atoms with Gasteiger partial charge < -0.3 is 9.84 Å². The molecule has 9 heteroatoms. The average Bonchev–Trinajstić information content (AvgIpc) is 2.20. The van der Waals surface area contributed by atoms with E-state index in [1.807, 2.05) is 0 Å². The Balaban J connectivity index is 4.52. The molecule has 0 saturated carbocycles. The first-order valence-electron chi connectivity index (χ1n) is 4.70. The Bertz CT molecular complexity index is 257. The van der Waals surface area contributed by atoms with Crippen LogP contribution in [0, 0.1) is 0 Å². The molecule has 0 aromatic carbocycles. The highest BCUT2D eigenvalue weighted by molar-refractivity contribution is 4.94. The molecule has 0 aliphatic heterocycles. The van der Waals surface area contributed by atoms with Gasteiger partial charge in [-0.15, -0.1) is 0 Å². The van der Waals surface area contributed by atoms with E-state index in [2.05, 4.69) is 11.3 Å². The van der Waals surface area contributed by atoms with Crippen molar-refractivity contribution in [2.24, 2.45) is 0 Å². The van der Waals surface area contributed by atoms with Gasteiger partial charge in [-0.1, -0.05) is 6.58 Å². The van der Waals surface area contributed by atoms with Crippen LogP contribution in [0.4, 0.5) is 30.7 Å². The fourth-order valence-electron chi connectivity index (χ4n) is 1.03. The van der Waals surface area contributed by atoms with Gasteiger partial charge in [0.1, 0.15) is 0 Å². The van der Waals surface area contributed by atoms with E-state index in [1.165, 1.54) is 0 Å². The predicted molar refractivity (Wildman–Crippen MR) is 47.3 cm³/mol. The topological polar surface area (TPSA) is 29.5 Å². The second-order valence-electron chi connectivity index (χ2n) is 3.40. The van der Waals surface area contributed by atoms with Crippen molar-refractivity contribution in [3.63, 3.8) is 0 Å². The standard InChI is InChI=1S/C9H11F7O2/c1-2-6(17)18-5-3-4-7(10,8(11,12)13)9(14,15)16/h2,6,17H,1,3-5H2. The Morgan fingerprint density at radius 2 is 1.50 bits per heavy atom. The van der Waals surface area contributed by atoms with Crippen molar-refractivity contribution in [3.05, 3.63) is 12.7 Å². The first kappa shape index (κ1) is 17.2. The summed E-state index contributed by atoms with van der Waals surface area (Å²) in [5.41, 5.74) is -5.28. The van der Waals surface area contributed by atoms with Crippen LogP contribution in [-0.2, 0) is 4.74 Å². The van der Waals surface area contributed by atoms with Gasteiger partial charge >= 0.3 is 12.4 Å². The minimum Gasteiger partial charge on any atom is -0.365 e. The highest BCUT2D eigenvalue weighted by Gasteiger charge is 2.71. The summed E-state index contributed by atoms with van der Waals surface area (Å²) in [6.07, 6.45) is -15.4. The lowest BCUT2D eigenvalue weighted by Crippen LogP contribution is -2.53. The Labute approximate surface area is 98.0 Å². The van der Waals surface area contributed by atoms with Crippen molar-refractivity contribution in [2.75, 3.05) is 6.61 Å². The van der Waals surface area contributed by atoms with Crippen LogP contribution in [-0.4, -0.2) is 36.0 Å². The van der Waals surface area contributed by atoms with Crippen LogP contribution in [0.5, 0.6) is 0 Å². The van der Waals surface area contributed by atoms with Crippen molar-refractivity contribution in [2.45, 2.75) is 37.2 Å². The quantitative estimate of drug-likeness (QED) is 0.351. The maximum atomic E-state index is 13.0. The van der Waals surface area contributed by atoms with E-state index in [0.717, 1.165) is 6.08 Å². The molecular weight excluding hydrogens is 273 g/mol. The largest absolute Gasteiger partial charge is 0.431 e. The molecule has 0 aliphatic rings. The molecule has 1 N–H and O–H groups in total. The second kappa shape index (κ2) is 5.87. The van der Waals surface area contributed by atoms with Gasteiger partial charge in [0, 0.05) is 6.42 Å². The van der Waals surface area contributed by atoms with Crippen LogP contribution in [0.25, 0.3) is 0 Å². The molecule has 0 aliphatic carbocycles. The number of aliphatic hydroxyl groups excluding tert-OH is 1. The second-order valence-corrected chi connectivity index (χ2v) is 3.40. The van der Waals surface area contributed by atoms with Crippen molar-refractivity contribution in [1.82, 2.24) is 0 Å². The lowest BCUT2D eigenvalue weighted by atomic mass is 9.98.